The van der Waals surface area contributed by atoms with Crippen molar-refractivity contribution in [3.63, 3.8) is 0 Å². The molecule has 0 atom stereocenters. The average molecular weight is 581 g/mol. The highest BCUT2D eigenvalue weighted by Gasteiger charge is 2.41. The van der Waals surface area contributed by atoms with Gasteiger partial charge in [-0.05, 0) is 71.2 Å². The highest BCUT2D eigenvalue weighted by molar-refractivity contribution is 7.86. The van der Waals surface area contributed by atoms with Crippen molar-refractivity contribution in [2.75, 3.05) is 11.6 Å². The number of allylic oxidation sites excluding steroid dienone is 8. The molecule has 2 aromatic carbocycles. The smallest absolute Gasteiger partial charge is 0.282 e. The molecule has 40 heavy (non-hydrogen) atoms. The number of hydrazine groups is 1. The summed E-state index contributed by atoms with van der Waals surface area (Å²) in [5.74, 6) is 2.55. The molecule has 0 spiro atoms. The van der Waals surface area contributed by atoms with Gasteiger partial charge in [-0.3, -0.25) is 14.1 Å². The number of rotatable bonds is 7. The Balaban J connectivity index is 1.64. The van der Waals surface area contributed by atoms with Crippen LogP contribution in [0, 0.1) is 12.3 Å². The molecular weight excluding hydrogens is 548 g/mol. The molecule has 0 saturated carbocycles. The van der Waals surface area contributed by atoms with Crippen LogP contribution in [0.3, 0.4) is 0 Å². The monoisotopic (exact) mass is 580 g/mol. The van der Waals surface area contributed by atoms with Gasteiger partial charge < -0.3 is 0 Å². The minimum Gasteiger partial charge on any atom is -0.282 e. The average Bonchev–Trinajstić information content (AvgIpc) is 3.19. The topological polar surface area (TPSA) is 124 Å². The van der Waals surface area contributed by atoms with Crippen molar-refractivity contribution >= 4 is 31.5 Å². The summed E-state index contributed by atoms with van der Waals surface area (Å²) in [6.45, 7) is 10.2. The van der Waals surface area contributed by atoms with Crippen molar-refractivity contribution in [2.45, 2.75) is 55.2 Å². The number of benzene rings is 2. The Morgan fingerprint density at radius 2 is 1.50 bits per heavy atom. The maximum absolute atomic E-state index is 11.8. The molecular formula is C30H32N2O6S2. The number of nitrogens with one attached hydrogen (secondary N) is 1. The van der Waals surface area contributed by atoms with Gasteiger partial charge in [-0.15, -0.1) is 6.42 Å². The predicted molar refractivity (Wildman–Crippen MR) is 157 cm³/mol. The summed E-state index contributed by atoms with van der Waals surface area (Å²) >= 11 is 0. The number of hydrogen-bond acceptors (Lipinski definition) is 6. The Labute approximate surface area is 236 Å². The van der Waals surface area contributed by atoms with E-state index < -0.39 is 31.1 Å². The molecule has 1 heterocycles. The van der Waals surface area contributed by atoms with Crippen LogP contribution in [-0.2, 0) is 31.1 Å². The molecule has 1 aliphatic heterocycles. The molecule has 8 nitrogen and oxygen atoms in total. The van der Waals surface area contributed by atoms with Crippen molar-refractivity contribution in [1.29, 1.82) is 0 Å². The van der Waals surface area contributed by atoms with E-state index in [1.54, 1.807) is 12.1 Å². The highest BCUT2D eigenvalue weighted by atomic mass is 32.2. The largest absolute Gasteiger partial charge is 0.294 e. The van der Waals surface area contributed by atoms with Crippen LogP contribution in [0.5, 0.6) is 0 Å². The van der Waals surface area contributed by atoms with E-state index in [1.165, 1.54) is 24.3 Å². The SMILES string of the molecule is C#CCNN1\C(=C/C=C/C=C/C2=C(C)c3ccc(S(=O)(=O)O)cc3C2(C)C)C(C)(C)c2cc(S(=O)(=O)O)ccc21. The number of terminal acetylenes is 1. The Bertz CT molecular complexity index is 1770. The third-order valence-corrected chi connectivity index (χ3v) is 9.28. The van der Waals surface area contributed by atoms with Gasteiger partial charge in [0.1, 0.15) is 0 Å². The second kappa shape index (κ2) is 10.2. The van der Waals surface area contributed by atoms with Crippen molar-refractivity contribution in [2.24, 2.45) is 0 Å². The lowest BCUT2D eigenvalue weighted by Crippen LogP contribution is -2.38. The Hall–Kier alpha value is -3.46. The molecule has 4 rings (SSSR count). The molecule has 210 valence electrons. The molecule has 0 aromatic heterocycles. The maximum Gasteiger partial charge on any atom is 0.294 e. The van der Waals surface area contributed by atoms with Crippen LogP contribution in [0.25, 0.3) is 5.57 Å². The summed E-state index contributed by atoms with van der Waals surface area (Å²) < 4.78 is 65.9. The van der Waals surface area contributed by atoms with Gasteiger partial charge in [-0.1, -0.05) is 64.0 Å². The molecule has 0 radical (unpaired) electrons. The first kappa shape index (κ1) is 29.5. The summed E-state index contributed by atoms with van der Waals surface area (Å²) in [6, 6.07) is 9.13. The molecule has 0 bridgehead atoms. The normalized spacial score (nSPS) is 19.1. The number of hydrogen-bond donors (Lipinski definition) is 3. The van der Waals surface area contributed by atoms with Crippen molar-refractivity contribution in [1.82, 2.24) is 5.43 Å². The minimum atomic E-state index is -4.36. The Kier molecular flexibility index (Phi) is 7.51. The third-order valence-electron chi connectivity index (χ3n) is 7.58. The van der Waals surface area contributed by atoms with Crippen molar-refractivity contribution in [3.05, 3.63) is 94.7 Å². The minimum absolute atomic E-state index is 0.129. The number of nitrogens with zero attached hydrogens (tertiary/aromatic N) is 1. The van der Waals surface area contributed by atoms with Gasteiger partial charge in [-0.2, -0.15) is 16.8 Å². The van der Waals surface area contributed by atoms with Gasteiger partial charge in [0, 0.05) is 16.5 Å². The first-order chi connectivity index (χ1) is 18.5. The lowest BCUT2D eigenvalue weighted by Gasteiger charge is -2.26. The van der Waals surface area contributed by atoms with Crippen LogP contribution in [0.1, 0.15) is 51.3 Å². The van der Waals surface area contributed by atoms with Gasteiger partial charge in [0.25, 0.3) is 20.2 Å². The van der Waals surface area contributed by atoms with E-state index in [1.807, 2.05) is 70.0 Å². The molecule has 3 N–H and O–H groups in total. The van der Waals surface area contributed by atoms with Gasteiger partial charge in [0.2, 0.25) is 0 Å². The molecule has 0 amide bonds. The van der Waals surface area contributed by atoms with E-state index in [0.717, 1.165) is 39.2 Å². The van der Waals surface area contributed by atoms with E-state index in [9.17, 15) is 25.9 Å². The molecule has 10 heteroatoms. The zero-order valence-corrected chi connectivity index (χ0v) is 24.6. The Morgan fingerprint density at radius 1 is 0.900 bits per heavy atom. The molecule has 0 saturated heterocycles. The van der Waals surface area contributed by atoms with Crippen LogP contribution in [-0.4, -0.2) is 32.5 Å². The van der Waals surface area contributed by atoms with Crippen LogP contribution < -0.4 is 10.4 Å². The first-order valence-corrected chi connectivity index (χ1v) is 15.4. The number of fused-ring (bicyclic) bond motifs is 2. The molecule has 1 aliphatic carbocycles. The molecule has 0 unspecified atom stereocenters. The van der Waals surface area contributed by atoms with E-state index in [-0.39, 0.29) is 16.3 Å². The van der Waals surface area contributed by atoms with E-state index in [0.29, 0.717) is 0 Å². The first-order valence-electron chi connectivity index (χ1n) is 12.5. The fourth-order valence-electron chi connectivity index (χ4n) is 5.48. The lowest BCUT2D eigenvalue weighted by molar-refractivity contribution is 0.480. The van der Waals surface area contributed by atoms with Crippen LogP contribution in [0.15, 0.2) is 87.8 Å². The van der Waals surface area contributed by atoms with Gasteiger partial charge in [-0.25, -0.2) is 5.43 Å². The van der Waals surface area contributed by atoms with Crippen molar-refractivity contribution < 1.29 is 25.9 Å². The zero-order chi connectivity index (χ0) is 29.7. The zero-order valence-electron chi connectivity index (χ0n) is 22.9. The summed E-state index contributed by atoms with van der Waals surface area (Å²) in [5.41, 5.74) is 8.20. The molecule has 2 aromatic rings. The van der Waals surface area contributed by atoms with Crippen LogP contribution in [0.4, 0.5) is 5.69 Å². The lowest BCUT2D eigenvalue weighted by atomic mass is 9.81. The van der Waals surface area contributed by atoms with E-state index in [2.05, 4.69) is 11.3 Å². The third kappa shape index (κ3) is 5.19. The second-order valence-corrected chi connectivity index (χ2v) is 13.6. The Morgan fingerprint density at radius 3 is 2.10 bits per heavy atom. The molecule has 2 aliphatic rings. The summed E-state index contributed by atoms with van der Waals surface area (Å²) in [4.78, 5) is -0.306. The van der Waals surface area contributed by atoms with Crippen LogP contribution in [0.2, 0.25) is 0 Å². The van der Waals surface area contributed by atoms with Crippen LogP contribution >= 0.6 is 0 Å². The standard InChI is InChI=1S/C30H32N2O6S2/c1-7-17-31-32-27-16-14-22(40(36,37)38)19-26(27)30(5,6)28(32)12-10-8-9-11-24-20(2)23-15-13-21(39(33,34)35)18-25(23)29(24,3)4/h1,8-16,18-19,31H,17H2,2-6H3,(H,33,34,35)(H,36,37,38)/b10-8+,11-9+,28-12-. The van der Waals surface area contributed by atoms with Gasteiger partial charge >= 0.3 is 0 Å². The predicted octanol–water partition coefficient (Wildman–Crippen LogP) is 5.18. The van der Waals surface area contributed by atoms with Gasteiger partial charge in [0.05, 0.1) is 22.0 Å². The van der Waals surface area contributed by atoms with E-state index >= 15 is 0 Å². The molecule has 0 fully saturated rings. The second-order valence-electron chi connectivity index (χ2n) is 10.8. The maximum atomic E-state index is 11.8. The summed E-state index contributed by atoms with van der Waals surface area (Å²) in [7, 11) is -8.67. The summed E-state index contributed by atoms with van der Waals surface area (Å²) in [6.07, 6.45) is 15.0. The fourth-order valence-corrected chi connectivity index (χ4v) is 6.49. The fraction of sp³-hybridized carbons (Fsp3) is 0.267. The van der Waals surface area contributed by atoms with E-state index in [4.69, 9.17) is 6.42 Å². The summed E-state index contributed by atoms with van der Waals surface area (Å²) in [5, 5.41) is 1.83. The number of anilines is 1. The highest BCUT2D eigenvalue weighted by Crippen LogP contribution is 2.48. The van der Waals surface area contributed by atoms with Gasteiger partial charge in [0.15, 0.2) is 0 Å². The quantitative estimate of drug-likeness (QED) is 0.233. The van der Waals surface area contributed by atoms with Crippen molar-refractivity contribution in [3.8, 4) is 12.3 Å².